The number of rotatable bonds is 4. The summed E-state index contributed by atoms with van der Waals surface area (Å²) in [5, 5.41) is 0. The van der Waals surface area contributed by atoms with Gasteiger partial charge < -0.3 is 10.5 Å². The van der Waals surface area contributed by atoms with E-state index in [4.69, 9.17) is 5.73 Å². The molecular formula is C8H12F3NO2. The van der Waals surface area contributed by atoms with Gasteiger partial charge in [0, 0.05) is 6.08 Å². The molecule has 0 saturated heterocycles. The summed E-state index contributed by atoms with van der Waals surface area (Å²) in [6.07, 6.45) is -2.87. The minimum absolute atomic E-state index is 0.189. The van der Waals surface area contributed by atoms with Gasteiger partial charge in [-0.3, -0.25) is 0 Å². The van der Waals surface area contributed by atoms with Crippen molar-refractivity contribution in [3.05, 3.63) is 12.2 Å². The van der Waals surface area contributed by atoms with Crippen LogP contribution in [0, 0.1) is 0 Å². The molecular weight excluding hydrogens is 199 g/mol. The molecule has 0 aliphatic rings. The quantitative estimate of drug-likeness (QED) is 0.564. The molecule has 6 heteroatoms. The zero-order valence-corrected chi connectivity index (χ0v) is 7.67. The number of hydrogen-bond acceptors (Lipinski definition) is 3. The average molecular weight is 211 g/mol. The van der Waals surface area contributed by atoms with Crippen molar-refractivity contribution in [2.45, 2.75) is 25.6 Å². The number of alkyl halides is 3. The Balaban J connectivity index is 3.88. The predicted molar refractivity (Wildman–Crippen MR) is 44.4 cm³/mol. The smallest absolute Gasteiger partial charge is 0.403 e. The van der Waals surface area contributed by atoms with Crippen molar-refractivity contribution in [3.8, 4) is 0 Å². The molecule has 0 aromatic heterocycles. The lowest BCUT2D eigenvalue weighted by molar-refractivity contribution is -0.147. The molecule has 3 nitrogen and oxygen atoms in total. The van der Waals surface area contributed by atoms with Crippen LogP contribution >= 0.6 is 0 Å². The van der Waals surface area contributed by atoms with E-state index >= 15 is 0 Å². The van der Waals surface area contributed by atoms with Crippen LogP contribution in [0.1, 0.15) is 13.3 Å². The largest absolute Gasteiger partial charge is 0.463 e. The lowest BCUT2D eigenvalue weighted by atomic mass is 10.2. The monoisotopic (exact) mass is 211 g/mol. The van der Waals surface area contributed by atoms with Gasteiger partial charge in [0.25, 0.3) is 0 Å². The number of hydrogen-bond donors (Lipinski definition) is 1. The summed E-state index contributed by atoms with van der Waals surface area (Å²) in [6, 6.07) is -1.94. The molecule has 0 aromatic rings. The second-order valence-corrected chi connectivity index (χ2v) is 2.54. The number of carbonyl (C=O) groups is 1. The molecule has 0 amide bonds. The first-order chi connectivity index (χ1) is 6.38. The third-order valence-corrected chi connectivity index (χ3v) is 1.35. The Bertz CT molecular complexity index is 213. The molecule has 0 saturated carbocycles. The highest BCUT2D eigenvalue weighted by atomic mass is 19.4. The van der Waals surface area contributed by atoms with E-state index in [1.807, 2.05) is 0 Å². The molecule has 82 valence electrons. The molecule has 1 unspecified atom stereocenters. The van der Waals surface area contributed by atoms with Crippen LogP contribution in [0.4, 0.5) is 13.2 Å². The third kappa shape index (κ3) is 5.58. The lowest BCUT2D eigenvalue weighted by Crippen LogP contribution is -2.36. The maximum Gasteiger partial charge on any atom is 0.403 e. The topological polar surface area (TPSA) is 52.3 Å². The van der Waals surface area contributed by atoms with Crippen LogP contribution in [0.25, 0.3) is 0 Å². The zero-order valence-electron chi connectivity index (χ0n) is 7.67. The van der Waals surface area contributed by atoms with Gasteiger partial charge in [-0.05, 0) is 13.3 Å². The summed E-state index contributed by atoms with van der Waals surface area (Å²) >= 11 is 0. The summed E-state index contributed by atoms with van der Waals surface area (Å²) in [5.74, 6) is -0.665. The fourth-order valence-electron chi connectivity index (χ4n) is 0.635. The van der Waals surface area contributed by atoms with Gasteiger partial charge in [-0.15, -0.1) is 0 Å². The SMILES string of the molecule is CCOC(=O)/C=C/CC(N)C(F)(F)F. The van der Waals surface area contributed by atoms with Crippen LogP contribution in [-0.4, -0.2) is 24.8 Å². The number of carbonyl (C=O) groups excluding carboxylic acids is 1. The molecule has 0 aliphatic carbocycles. The van der Waals surface area contributed by atoms with Gasteiger partial charge in [0.15, 0.2) is 0 Å². The lowest BCUT2D eigenvalue weighted by Gasteiger charge is -2.12. The van der Waals surface area contributed by atoms with Gasteiger partial charge in [-0.25, -0.2) is 4.79 Å². The summed E-state index contributed by atoms with van der Waals surface area (Å²) in [5.41, 5.74) is 4.78. The molecule has 0 heterocycles. The Kier molecular flexibility index (Phi) is 5.22. The summed E-state index contributed by atoms with van der Waals surface area (Å²) in [4.78, 5) is 10.6. The Labute approximate surface area is 79.7 Å². The maximum absolute atomic E-state index is 11.8. The molecule has 14 heavy (non-hydrogen) atoms. The van der Waals surface area contributed by atoms with Crippen LogP contribution in [0.5, 0.6) is 0 Å². The van der Waals surface area contributed by atoms with Gasteiger partial charge in [-0.2, -0.15) is 13.2 Å². The second-order valence-electron chi connectivity index (χ2n) is 2.54. The van der Waals surface area contributed by atoms with Gasteiger partial charge in [0.1, 0.15) is 6.04 Å². The highest BCUT2D eigenvalue weighted by molar-refractivity contribution is 5.81. The van der Waals surface area contributed by atoms with Crippen molar-refractivity contribution in [2.24, 2.45) is 5.73 Å². The molecule has 0 fully saturated rings. The highest BCUT2D eigenvalue weighted by Gasteiger charge is 2.35. The highest BCUT2D eigenvalue weighted by Crippen LogP contribution is 2.20. The van der Waals surface area contributed by atoms with Crippen molar-refractivity contribution in [1.82, 2.24) is 0 Å². The van der Waals surface area contributed by atoms with E-state index in [0.29, 0.717) is 0 Å². The van der Waals surface area contributed by atoms with E-state index in [1.54, 1.807) is 6.92 Å². The minimum atomic E-state index is -4.43. The van der Waals surface area contributed by atoms with Crippen LogP contribution in [0.15, 0.2) is 12.2 Å². The molecule has 0 bridgehead atoms. The first-order valence-corrected chi connectivity index (χ1v) is 4.03. The van der Waals surface area contributed by atoms with E-state index in [2.05, 4.69) is 4.74 Å². The van der Waals surface area contributed by atoms with Crippen LogP contribution in [-0.2, 0) is 9.53 Å². The number of ether oxygens (including phenoxy) is 1. The normalized spacial score (nSPS) is 14.4. The van der Waals surface area contributed by atoms with Gasteiger partial charge in [0.2, 0.25) is 0 Å². The first kappa shape index (κ1) is 13.0. The Morgan fingerprint density at radius 1 is 1.57 bits per heavy atom. The molecule has 0 aliphatic heterocycles. The third-order valence-electron chi connectivity index (χ3n) is 1.35. The van der Waals surface area contributed by atoms with E-state index in [0.717, 1.165) is 12.2 Å². The van der Waals surface area contributed by atoms with Crippen LogP contribution < -0.4 is 5.73 Å². The van der Waals surface area contributed by atoms with Crippen molar-refractivity contribution in [2.75, 3.05) is 6.61 Å². The first-order valence-electron chi connectivity index (χ1n) is 4.03. The van der Waals surface area contributed by atoms with Gasteiger partial charge >= 0.3 is 12.1 Å². The predicted octanol–water partition coefficient (Wildman–Crippen LogP) is 1.39. The number of nitrogens with two attached hydrogens (primary N) is 1. The second kappa shape index (κ2) is 5.64. The summed E-state index contributed by atoms with van der Waals surface area (Å²) in [7, 11) is 0. The van der Waals surface area contributed by atoms with Crippen LogP contribution in [0.3, 0.4) is 0 Å². The van der Waals surface area contributed by atoms with Crippen LogP contribution in [0.2, 0.25) is 0 Å². The molecule has 2 N–H and O–H groups in total. The molecule has 0 rings (SSSR count). The standard InChI is InChI=1S/C8H12F3NO2/c1-2-14-7(13)5-3-4-6(12)8(9,10)11/h3,5-6H,2,4,12H2,1H3/b5-3+. The number of esters is 1. The minimum Gasteiger partial charge on any atom is -0.463 e. The van der Waals surface area contributed by atoms with Gasteiger partial charge in [0.05, 0.1) is 6.61 Å². The van der Waals surface area contributed by atoms with E-state index in [-0.39, 0.29) is 6.61 Å². The molecule has 0 aromatic carbocycles. The van der Waals surface area contributed by atoms with Crippen molar-refractivity contribution in [3.63, 3.8) is 0 Å². The average Bonchev–Trinajstić information content (AvgIpc) is 2.02. The van der Waals surface area contributed by atoms with Crippen molar-refractivity contribution in [1.29, 1.82) is 0 Å². The fraction of sp³-hybridized carbons (Fsp3) is 0.625. The fourth-order valence-corrected chi connectivity index (χ4v) is 0.635. The van der Waals surface area contributed by atoms with E-state index in [1.165, 1.54) is 0 Å². The summed E-state index contributed by atoms with van der Waals surface area (Å²) in [6.45, 7) is 1.79. The molecule has 0 spiro atoms. The van der Waals surface area contributed by atoms with Crippen molar-refractivity contribution < 1.29 is 22.7 Å². The molecule has 1 atom stereocenters. The van der Waals surface area contributed by atoms with Crippen molar-refractivity contribution >= 4 is 5.97 Å². The number of halogens is 3. The zero-order chi connectivity index (χ0) is 11.2. The van der Waals surface area contributed by atoms with E-state index < -0.39 is 24.6 Å². The summed E-state index contributed by atoms with van der Waals surface area (Å²) < 4.78 is 40.0. The Morgan fingerprint density at radius 2 is 2.14 bits per heavy atom. The van der Waals surface area contributed by atoms with Gasteiger partial charge in [-0.1, -0.05) is 6.08 Å². The van der Waals surface area contributed by atoms with E-state index in [9.17, 15) is 18.0 Å². The maximum atomic E-state index is 11.8. The molecule has 0 radical (unpaired) electrons. The Hall–Kier alpha value is -1.04. The Morgan fingerprint density at radius 3 is 2.57 bits per heavy atom.